The van der Waals surface area contributed by atoms with Gasteiger partial charge >= 0.3 is 0 Å². The highest BCUT2D eigenvalue weighted by molar-refractivity contribution is 9.10. The third-order valence-corrected chi connectivity index (χ3v) is 3.28. The third kappa shape index (κ3) is 2.35. The molecule has 14 heavy (non-hydrogen) atoms. The normalized spacial score (nSPS) is 16.3. The zero-order chi connectivity index (χ0) is 10.1. The van der Waals surface area contributed by atoms with Crippen LogP contribution in [0, 0.1) is 5.92 Å². The molecule has 76 valence electrons. The van der Waals surface area contributed by atoms with Crippen molar-refractivity contribution in [3.05, 3.63) is 28.0 Å². The fraction of sp³-hybridized carbons (Fsp3) is 0.583. The standard InChI is InChI=1S/C12H16BrN/c1-8(2)5-12-11(13)6-10(7-14-12)9-3-4-9/h6-9H,3-5H2,1-2H3. The quantitative estimate of drug-likeness (QED) is 0.796. The molecule has 0 atom stereocenters. The minimum atomic E-state index is 0.672. The fourth-order valence-corrected chi connectivity index (χ4v) is 2.19. The highest BCUT2D eigenvalue weighted by atomic mass is 79.9. The van der Waals surface area contributed by atoms with E-state index >= 15 is 0 Å². The van der Waals surface area contributed by atoms with E-state index in [2.05, 4.69) is 47.0 Å². The number of hydrogen-bond donors (Lipinski definition) is 0. The van der Waals surface area contributed by atoms with Crippen molar-refractivity contribution in [2.75, 3.05) is 0 Å². The summed E-state index contributed by atoms with van der Waals surface area (Å²) in [6.07, 6.45) is 5.81. The Hall–Kier alpha value is -0.370. The van der Waals surface area contributed by atoms with Crippen LogP contribution in [0.25, 0.3) is 0 Å². The Labute approximate surface area is 94.1 Å². The van der Waals surface area contributed by atoms with Gasteiger partial charge in [0, 0.05) is 10.7 Å². The SMILES string of the molecule is CC(C)Cc1ncc(C2CC2)cc1Br. The van der Waals surface area contributed by atoms with Gasteiger partial charge in [-0.1, -0.05) is 13.8 Å². The summed E-state index contributed by atoms with van der Waals surface area (Å²) in [7, 11) is 0. The number of halogens is 1. The molecule has 2 rings (SSSR count). The summed E-state index contributed by atoms with van der Waals surface area (Å²) in [4.78, 5) is 4.53. The molecule has 1 aromatic rings. The molecule has 0 N–H and O–H groups in total. The van der Waals surface area contributed by atoms with Gasteiger partial charge in [0.15, 0.2) is 0 Å². The number of hydrogen-bond acceptors (Lipinski definition) is 1. The molecule has 2 heteroatoms. The van der Waals surface area contributed by atoms with Crippen LogP contribution in [0.15, 0.2) is 16.7 Å². The van der Waals surface area contributed by atoms with Crippen molar-refractivity contribution in [1.82, 2.24) is 4.98 Å². The predicted octanol–water partition coefficient (Wildman–Crippen LogP) is 3.92. The molecule has 0 bridgehead atoms. The molecule has 0 amide bonds. The first-order valence-electron chi connectivity index (χ1n) is 5.31. The van der Waals surface area contributed by atoms with E-state index in [0.717, 1.165) is 12.3 Å². The lowest BCUT2D eigenvalue weighted by Gasteiger charge is -2.07. The van der Waals surface area contributed by atoms with Crippen LogP contribution in [0.3, 0.4) is 0 Å². The lowest BCUT2D eigenvalue weighted by atomic mass is 10.1. The predicted molar refractivity (Wildman–Crippen MR) is 62.5 cm³/mol. The monoisotopic (exact) mass is 253 g/mol. The van der Waals surface area contributed by atoms with Gasteiger partial charge in [0.05, 0.1) is 5.69 Å². The molecule has 1 aliphatic rings. The summed E-state index contributed by atoms with van der Waals surface area (Å²) >= 11 is 3.61. The highest BCUT2D eigenvalue weighted by Gasteiger charge is 2.24. The zero-order valence-electron chi connectivity index (χ0n) is 8.76. The minimum Gasteiger partial charge on any atom is -0.260 e. The van der Waals surface area contributed by atoms with Gasteiger partial charge < -0.3 is 0 Å². The molecular weight excluding hydrogens is 238 g/mol. The molecule has 0 radical (unpaired) electrons. The topological polar surface area (TPSA) is 12.9 Å². The summed E-state index contributed by atoms with van der Waals surface area (Å²) in [6.45, 7) is 4.45. The van der Waals surface area contributed by atoms with Gasteiger partial charge in [-0.25, -0.2) is 0 Å². The molecule has 1 saturated carbocycles. The van der Waals surface area contributed by atoms with Gasteiger partial charge in [0.2, 0.25) is 0 Å². The maximum absolute atomic E-state index is 4.53. The van der Waals surface area contributed by atoms with Gasteiger partial charge in [-0.15, -0.1) is 0 Å². The third-order valence-electron chi connectivity index (χ3n) is 2.59. The van der Waals surface area contributed by atoms with Crippen LogP contribution < -0.4 is 0 Å². The largest absolute Gasteiger partial charge is 0.260 e. The van der Waals surface area contributed by atoms with Crippen molar-refractivity contribution in [2.45, 2.75) is 39.0 Å². The number of aromatic nitrogens is 1. The van der Waals surface area contributed by atoms with Crippen LogP contribution in [0.2, 0.25) is 0 Å². The summed E-state index contributed by atoms with van der Waals surface area (Å²) < 4.78 is 1.19. The van der Waals surface area contributed by atoms with E-state index in [9.17, 15) is 0 Å². The molecule has 1 fully saturated rings. The Morgan fingerprint density at radius 2 is 2.21 bits per heavy atom. The van der Waals surface area contributed by atoms with Crippen LogP contribution in [-0.4, -0.2) is 4.98 Å². The Bertz CT molecular complexity index is 329. The first-order valence-corrected chi connectivity index (χ1v) is 6.10. The van der Waals surface area contributed by atoms with Gasteiger partial charge in [-0.2, -0.15) is 0 Å². The van der Waals surface area contributed by atoms with E-state index < -0.39 is 0 Å². The average molecular weight is 254 g/mol. The van der Waals surface area contributed by atoms with Crippen molar-refractivity contribution in [2.24, 2.45) is 5.92 Å². The van der Waals surface area contributed by atoms with Gasteiger partial charge in [0.25, 0.3) is 0 Å². The van der Waals surface area contributed by atoms with Gasteiger partial charge in [-0.3, -0.25) is 4.98 Å². The Morgan fingerprint density at radius 3 is 2.71 bits per heavy atom. The molecule has 0 saturated heterocycles. The average Bonchev–Trinajstić information content (AvgIpc) is 2.90. The molecule has 0 unspecified atom stereocenters. The van der Waals surface area contributed by atoms with Crippen LogP contribution in [0.5, 0.6) is 0 Å². The van der Waals surface area contributed by atoms with Crippen molar-refractivity contribution in [3.8, 4) is 0 Å². The van der Waals surface area contributed by atoms with E-state index in [1.807, 2.05) is 0 Å². The second-order valence-corrected chi connectivity index (χ2v) is 5.42. The van der Waals surface area contributed by atoms with E-state index in [1.165, 1.54) is 28.6 Å². The summed E-state index contributed by atoms with van der Waals surface area (Å²) in [6, 6.07) is 2.25. The van der Waals surface area contributed by atoms with Crippen molar-refractivity contribution in [1.29, 1.82) is 0 Å². The molecule has 1 heterocycles. The maximum Gasteiger partial charge on any atom is 0.0548 e. The van der Waals surface area contributed by atoms with Gasteiger partial charge in [0.1, 0.15) is 0 Å². The van der Waals surface area contributed by atoms with E-state index in [-0.39, 0.29) is 0 Å². The molecule has 0 aromatic carbocycles. The van der Waals surface area contributed by atoms with Crippen molar-refractivity contribution < 1.29 is 0 Å². The molecule has 0 aliphatic heterocycles. The molecular formula is C12H16BrN. The lowest BCUT2D eigenvalue weighted by Crippen LogP contribution is -1.99. The van der Waals surface area contributed by atoms with Crippen LogP contribution in [0.4, 0.5) is 0 Å². The van der Waals surface area contributed by atoms with E-state index in [0.29, 0.717) is 5.92 Å². The van der Waals surface area contributed by atoms with Crippen LogP contribution >= 0.6 is 15.9 Å². The first kappa shape index (κ1) is 10.2. The van der Waals surface area contributed by atoms with Crippen molar-refractivity contribution >= 4 is 15.9 Å². The van der Waals surface area contributed by atoms with E-state index in [1.54, 1.807) is 0 Å². The summed E-state index contributed by atoms with van der Waals surface area (Å²) in [5.74, 6) is 1.47. The second-order valence-electron chi connectivity index (χ2n) is 4.57. The Morgan fingerprint density at radius 1 is 1.50 bits per heavy atom. The fourth-order valence-electron chi connectivity index (χ4n) is 1.66. The molecule has 1 nitrogen and oxygen atoms in total. The number of nitrogens with zero attached hydrogens (tertiary/aromatic N) is 1. The Kier molecular flexibility index (Phi) is 2.91. The highest BCUT2D eigenvalue weighted by Crippen LogP contribution is 2.40. The number of pyridine rings is 1. The summed E-state index contributed by atoms with van der Waals surface area (Å²) in [5.41, 5.74) is 2.61. The number of rotatable bonds is 3. The maximum atomic E-state index is 4.53. The van der Waals surface area contributed by atoms with Crippen LogP contribution in [-0.2, 0) is 6.42 Å². The second kappa shape index (κ2) is 4.01. The van der Waals surface area contributed by atoms with Crippen molar-refractivity contribution in [3.63, 3.8) is 0 Å². The molecule has 1 aromatic heterocycles. The lowest BCUT2D eigenvalue weighted by molar-refractivity contribution is 0.632. The van der Waals surface area contributed by atoms with E-state index in [4.69, 9.17) is 0 Å². The zero-order valence-corrected chi connectivity index (χ0v) is 10.3. The summed E-state index contributed by atoms with van der Waals surface area (Å²) in [5, 5.41) is 0. The Balaban J connectivity index is 2.17. The smallest absolute Gasteiger partial charge is 0.0548 e. The van der Waals surface area contributed by atoms with Crippen LogP contribution in [0.1, 0.15) is 43.9 Å². The molecule has 1 aliphatic carbocycles. The van der Waals surface area contributed by atoms with Gasteiger partial charge in [-0.05, 0) is 58.7 Å². The minimum absolute atomic E-state index is 0.672. The first-order chi connectivity index (χ1) is 6.66. The molecule has 0 spiro atoms.